The zero-order valence-electron chi connectivity index (χ0n) is 19.3. The van der Waals surface area contributed by atoms with Crippen LogP contribution in [0.5, 0.6) is 17.2 Å². The minimum Gasteiger partial charge on any atom is -0.492 e. The molecule has 1 heterocycles. The first-order chi connectivity index (χ1) is 17.1. The van der Waals surface area contributed by atoms with Gasteiger partial charge in [-0.25, -0.2) is 13.2 Å². The first-order valence-corrected chi connectivity index (χ1v) is 11.9. The van der Waals surface area contributed by atoms with Gasteiger partial charge in [0.15, 0.2) is 17.5 Å². The van der Waals surface area contributed by atoms with E-state index in [1.54, 1.807) is 24.3 Å². The van der Waals surface area contributed by atoms with Crippen LogP contribution in [-0.4, -0.2) is 31.1 Å². The van der Waals surface area contributed by atoms with E-state index in [1.807, 2.05) is 36.4 Å². The molecule has 6 heteroatoms. The number of hydrogen-bond donors (Lipinski definition) is 0. The molecular formula is C29H26F3NO2. The molecule has 0 aromatic heterocycles. The predicted octanol–water partition coefficient (Wildman–Crippen LogP) is 7.58. The van der Waals surface area contributed by atoms with Crippen LogP contribution in [0.2, 0.25) is 0 Å². The molecule has 1 saturated heterocycles. The molecule has 0 spiro atoms. The summed E-state index contributed by atoms with van der Waals surface area (Å²) < 4.78 is 54.3. The van der Waals surface area contributed by atoms with Crippen molar-refractivity contribution in [2.24, 2.45) is 0 Å². The van der Waals surface area contributed by atoms with E-state index in [-0.39, 0.29) is 5.56 Å². The Kier molecular flexibility index (Phi) is 6.91. The molecule has 1 fully saturated rings. The molecule has 5 rings (SSSR count). The van der Waals surface area contributed by atoms with Crippen molar-refractivity contribution < 1.29 is 22.6 Å². The summed E-state index contributed by atoms with van der Waals surface area (Å²) in [6, 6.07) is 20.3. The second-order valence-corrected chi connectivity index (χ2v) is 8.71. The molecule has 0 aliphatic carbocycles. The first-order valence-electron chi connectivity index (χ1n) is 11.9. The van der Waals surface area contributed by atoms with Gasteiger partial charge in [-0.15, -0.1) is 0 Å². The zero-order chi connectivity index (χ0) is 24.2. The second kappa shape index (κ2) is 10.4. The summed E-state index contributed by atoms with van der Waals surface area (Å²) in [5.41, 5.74) is 0.268. The van der Waals surface area contributed by atoms with Crippen LogP contribution in [0.15, 0.2) is 72.8 Å². The van der Waals surface area contributed by atoms with Crippen LogP contribution < -0.4 is 9.47 Å². The monoisotopic (exact) mass is 477 g/mol. The number of hydrogen-bond acceptors (Lipinski definition) is 3. The lowest BCUT2D eigenvalue weighted by atomic mass is 9.99. The summed E-state index contributed by atoms with van der Waals surface area (Å²) in [4.78, 5) is 2.42. The number of rotatable bonds is 7. The lowest BCUT2D eigenvalue weighted by molar-refractivity contribution is 0.183. The Bertz CT molecular complexity index is 1320. The van der Waals surface area contributed by atoms with Crippen molar-refractivity contribution in [3.05, 3.63) is 90.2 Å². The zero-order valence-corrected chi connectivity index (χ0v) is 19.3. The summed E-state index contributed by atoms with van der Waals surface area (Å²) in [6.07, 6.45) is 3.80. The fourth-order valence-corrected chi connectivity index (χ4v) is 4.50. The van der Waals surface area contributed by atoms with Crippen molar-refractivity contribution >= 4 is 10.8 Å². The topological polar surface area (TPSA) is 21.7 Å². The molecule has 1 aliphatic rings. The third-order valence-electron chi connectivity index (χ3n) is 6.37. The Morgan fingerprint density at radius 2 is 1.40 bits per heavy atom. The lowest BCUT2D eigenvalue weighted by Crippen LogP contribution is -2.33. The van der Waals surface area contributed by atoms with Gasteiger partial charge >= 0.3 is 0 Å². The van der Waals surface area contributed by atoms with Crippen molar-refractivity contribution in [1.82, 2.24) is 4.90 Å². The average Bonchev–Trinajstić information content (AvgIpc) is 2.90. The van der Waals surface area contributed by atoms with Gasteiger partial charge in [-0.1, -0.05) is 36.8 Å². The van der Waals surface area contributed by atoms with Gasteiger partial charge in [0, 0.05) is 23.1 Å². The molecule has 180 valence electrons. The van der Waals surface area contributed by atoms with E-state index in [0.29, 0.717) is 23.7 Å². The minimum absolute atomic E-state index is 0.0673. The van der Waals surface area contributed by atoms with Crippen LogP contribution in [0.1, 0.15) is 19.3 Å². The molecule has 0 N–H and O–H groups in total. The van der Waals surface area contributed by atoms with Crippen molar-refractivity contribution in [2.75, 3.05) is 26.2 Å². The summed E-state index contributed by atoms with van der Waals surface area (Å²) >= 11 is 0. The Hall–Kier alpha value is -3.51. The number of piperidine rings is 1. The molecule has 3 nitrogen and oxygen atoms in total. The molecule has 4 aromatic rings. The molecule has 0 saturated carbocycles. The van der Waals surface area contributed by atoms with Gasteiger partial charge in [-0.3, -0.25) is 4.90 Å². The smallest absolute Gasteiger partial charge is 0.195 e. The molecule has 1 aliphatic heterocycles. The highest BCUT2D eigenvalue weighted by Gasteiger charge is 2.20. The third-order valence-corrected chi connectivity index (χ3v) is 6.37. The normalized spacial score (nSPS) is 14.3. The number of nitrogens with zero attached hydrogens (tertiary/aromatic N) is 1. The summed E-state index contributed by atoms with van der Waals surface area (Å²) in [5.74, 6) is -2.36. The van der Waals surface area contributed by atoms with E-state index in [1.165, 1.54) is 25.3 Å². The quantitative estimate of drug-likeness (QED) is 0.256. The highest BCUT2D eigenvalue weighted by atomic mass is 19.2. The standard InChI is InChI=1S/C29H26F3NO2/c30-26-15-14-24(27(31)28(26)32)25-13-8-20-6-2-3-7-23(20)29(25)35-22-11-9-21(10-12-22)34-19-18-33-16-4-1-5-17-33/h2-3,6-15H,1,4-5,16-19H2. The molecule has 0 amide bonds. The fourth-order valence-electron chi connectivity index (χ4n) is 4.50. The van der Waals surface area contributed by atoms with E-state index in [4.69, 9.17) is 9.47 Å². The Labute approximate surface area is 202 Å². The van der Waals surface area contributed by atoms with E-state index < -0.39 is 17.5 Å². The first kappa shape index (κ1) is 23.2. The van der Waals surface area contributed by atoms with E-state index in [0.717, 1.165) is 42.2 Å². The second-order valence-electron chi connectivity index (χ2n) is 8.71. The highest BCUT2D eigenvalue weighted by Crippen LogP contribution is 2.41. The van der Waals surface area contributed by atoms with Crippen LogP contribution >= 0.6 is 0 Å². The van der Waals surface area contributed by atoms with E-state index in [2.05, 4.69) is 4.90 Å². The van der Waals surface area contributed by atoms with Crippen molar-refractivity contribution in [2.45, 2.75) is 19.3 Å². The van der Waals surface area contributed by atoms with Gasteiger partial charge in [0.1, 0.15) is 23.9 Å². The summed E-state index contributed by atoms with van der Waals surface area (Å²) in [7, 11) is 0. The molecule has 35 heavy (non-hydrogen) atoms. The van der Waals surface area contributed by atoms with Crippen LogP contribution in [0.4, 0.5) is 13.2 Å². The fraction of sp³-hybridized carbons (Fsp3) is 0.241. The molecule has 0 bridgehead atoms. The predicted molar refractivity (Wildman–Crippen MR) is 132 cm³/mol. The third kappa shape index (κ3) is 5.13. The van der Waals surface area contributed by atoms with Gasteiger partial charge in [0.05, 0.1) is 0 Å². The number of likely N-dealkylation sites (tertiary alicyclic amines) is 1. The Morgan fingerprint density at radius 3 is 2.20 bits per heavy atom. The maximum atomic E-state index is 14.7. The summed E-state index contributed by atoms with van der Waals surface area (Å²) in [5, 5.41) is 1.61. The SMILES string of the molecule is Fc1ccc(-c2ccc3ccccc3c2Oc2ccc(OCCN3CCCCC3)cc2)c(F)c1F. The number of halogens is 3. The van der Waals surface area contributed by atoms with Gasteiger partial charge in [0.2, 0.25) is 0 Å². The maximum absolute atomic E-state index is 14.7. The molecule has 4 aromatic carbocycles. The van der Waals surface area contributed by atoms with Gasteiger partial charge in [0.25, 0.3) is 0 Å². The Balaban J connectivity index is 1.39. The van der Waals surface area contributed by atoms with Crippen molar-refractivity contribution in [3.63, 3.8) is 0 Å². The molecule has 0 radical (unpaired) electrons. The van der Waals surface area contributed by atoms with Gasteiger partial charge in [-0.05, 0) is 73.8 Å². The highest BCUT2D eigenvalue weighted by molar-refractivity contribution is 5.95. The minimum atomic E-state index is -1.51. The summed E-state index contributed by atoms with van der Waals surface area (Å²) in [6.45, 7) is 3.77. The van der Waals surface area contributed by atoms with Crippen molar-refractivity contribution in [1.29, 1.82) is 0 Å². The van der Waals surface area contributed by atoms with E-state index >= 15 is 0 Å². The lowest BCUT2D eigenvalue weighted by Gasteiger charge is -2.26. The molecule has 0 atom stereocenters. The van der Waals surface area contributed by atoms with E-state index in [9.17, 15) is 13.2 Å². The number of fused-ring (bicyclic) bond motifs is 1. The van der Waals surface area contributed by atoms with Crippen LogP contribution in [0.25, 0.3) is 21.9 Å². The average molecular weight is 478 g/mol. The maximum Gasteiger partial charge on any atom is 0.195 e. The van der Waals surface area contributed by atoms with Crippen molar-refractivity contribution in [3.8, 4) is 28.4 Å². The Morgan fingerprint density at radius 1 is 0.686 bits per heavy atom. The van der Waals surface area contributed by atoms with Crippen LogP contribution in [0.3, 0.4) is 0 Å². The van der Waals surface area contributed by atoms with Gasteiger partial charge < -0.3 is 9.47 Å². The number of ether oxygens (including phenoxy) is 2. The molecular weight excluding hydrogens is 451 g/mol. The van der Waals surface area contributed by atoms with Crippen LogP contribution in [-0.2, 0) is 0 Å². The largest absolute Gasteiger partial charge is 0.492 e. The van der Waals surface area contributed by atoms with Crippen LogP contribution in [0, 0.1) is 17.5 Å². The van der Waals surface area contributed by atoms with Gasteiger partial charge in [-0.2, -0.15) is 0 Å². The number of benzene rings is 4. The molecule has 0 unspecified atom stereocenters.